The molecule has 33 heavy (non-hydrogen) atoms. The quantitative estimate of drug-likeness (QED) is 0.402. The van der Waals surface area contributed by atoms with E-state index in [1.54, 1.807) is 55.5 Å². The number of sulfonamides is 1. The van der Waals surface area contributed by atoms with Gasteiger partial charge in [-0.25, -0.2) is 8.42 Å². The summed E-state index contributed by atoms with van der Waals surface area (Å²) in [7, 11) is -1.87. The van der Waals surface area contributed by atoms with Crippen LogP contribution in [-0.2, 0) is 16.6 Å². The number of amides is 1. The maximum Gasteiger partial charge on any atom is 0.255 e. The fraction of sp³-hybridized carbons (Fsp3) is 0.208. The molecule has 3 aromatic rings. The summed E-state index contributed by atoms with van der Waals surface area (Å²) in [5.74, 6) is 0.601. The molecule has 0 aromatic heterocycles. The minimum atomic E-state index is -3.37. The number of carbonyl (C=O) groups is 1. The number of halogens is 1. The first kappa shape index (κ1) is 24.4. The molecule has 0 aliphatic carbocycles. The van der Waals surface area contributed by atoms with Gasteiger partial charge in [0.25, 0.3) is 5.91 Å². The molecule has 0 heterocycles. The molecule has 9 heteroatoms. The van der Waals surface area contributed by atoms with Gasteiger partial charge in [0, 0.05) is 27.5 Å². The first-order chi connectivity index (χ1) is 15.8. The van der Waals surface area contributed by atoms with Crippen LogP contribution < -0.4 is 19.5 Å². The Hall–Kier alpha value is -3.23. The maximum absolute atomic E-state index is 12.7. The van der Waals surface area contributed by atoms with Crippen LogP contribution in [0, 0.1) is 0 Å². The van der Waals surface area contributed by atoms with Crippen LogP contribution in [0.4, 0.5) is 11.4 Å². The van der Waals surface area contributed by atoms with E-state index in [-0.39, 0.29) is 18.3 Å². The van der Waals surface area contributed by atoms with Crippen LogP contribution in [0.25, 0.3) is 0 Å². The van der Waals surface area contributed by atoms with Crippen molar-refractivity contribution in [2.45, 2.75) is 20.0 Å². The van der Waals surface area contributed by atoms with E-state index in [2.05, 4.69) is 10.0 Å². The van der Waals surface area contributed by atoms with Crippen molar-refractivity contribution in [1.82, 2.24) is 0 Å². The average molecular weight is 489 g/mol. The SMILES string of the molecule is CCCS(=O)(=O)Nc1ccc(NC(=O)c2ccc(OCc3ccccc3Cl)c(OC)c2)cc1. The Kier molecular flexibility index (Phi) is 8.19. The number of carbonyl (C=O) groups excluding carboxylic acids is 1. The summed E-state index contributed by atoms with van der Waals surface area (Å²) in [6, 6.07) is 18.7. The van der Waals surface area contributed by atoms with Gasteiger partial charge in [-0.15, -0.1) is 0 Å². The molecule has 0 saturated heterocycles. The van der Waals surface area contributed by atoms with Crippen LogP contribution in [0.2, 0.25) is 5.02 Å². The van der Waals surface area contributed by atoms with E-state index < -0.39 is 10.0 Å². The Morgan fingerprint density at radius 3 is 2.33 bits per heavy atom. The lowest BCUT2D eigenvalue weighted by atomic mass is 10.1. The van der Waals surface area contributed by atoms with Gasteiger partial charge in [-0.1, -0.05) is 36.7 Å². The molecular weight excluding hydrogens is 464 g/mol. The number of methoxy groups -OCH3 is 1. The predicted molar refractivity (Wildman–Crippen MR) is 131 cm³/mol. The molecule has 0 spiro atoms. The van der Waals surface area contributed by atoms with Gasteiger partial charge < -0.3 is 14.8 Å². The van der Waals surface area contributed by atoms with Crippen LogP contribution in [-0.4, -0.2) is 27.2 Å². The van der Waals surface area contributed by atoms with E-state index in [9.17, 15) is 13.2 Å². The normalized spacial score (nSPS) is 11.0. The van der Waals surface area contributed by atoms with E-state index >= 15 is 0 Å². The molecule has 0 aliphatic rings. The summed E-state index contributed by atoms with van der Waals surface area (Å²) in [6.45, 7) is 2.06. The van der Waals surface area contributed by atoms with Gasteiger partial charge in [-0.3, -0.25) is 9.52 Å². The Balaban J connectivity index is 1.65. The molecule has 0 radical (unpaired) electrons. The van der Waals surface area contributed by atoms with Crippen molar-refractivity contribution in [2.75, 3.05) is 22.9 Å². The lowest BCUT2D eigenvalue weighted by Crippen LogP contribution is -2.16. The molecule has 3 rings (SSSR count). The topological polar surface area (TPSA) is 93.7 Å². The van der Waals surface area contributed by atoms with E-state index in [1.165, 1.54) is 7.11 Å². The number of hydrogen-bond donors (Lipinski definition) is 2. The molecule has 0 fully saturated rings. The number of nitrogens with one attached hydrogen (secondary N) is 2. The molecule has 0 unspecified atom stereocenters. The maximum atomic E-state index is 12.7. The minimum Gasteiger partial charge on any atom is -0.493 e. The van der Waals surface area contributed by atoms with Gasteiger partial charge in [-0.05, 0) is 55.0 Å². The molecule has 0 atom stereocenters. The molecule has 2 N–H and O–H groups in total. The number of benzene rings is 3. The Labute approximate surface area is 198 Å². The number of hydrogen-bond acceptors (Lipinski definition) is 5. The first-order valence-corrected chi connectivity index (χ1v) is 12.3. The fourth-order valence-corrected chi connectivity index (χ4v) is 4.35. The standard InChI is InChI=1S/C24H25ClN2O5S/c1-3-14-33(29,30)27-20-11-9-19(10-12-20)26-24(28)17-8-13-22(23(15-17)31-2)32-16-18-6-4-5-7-21(18)25/h4-13,15,27H,3,14,16H2,1-2H3,(H,26,28). The highest BCUT2D eigenvalue weighted by molar-refractivity contribution is 7.92. The summed E-state index contributed by atoms with van der Waals surface area (Å²) in [5, 5.41) is 3.39. The van der Waals surface area contributed by atoms with Crippen molar-refractivity contribution in [3.8, 4) is 11.5 Å². The zero-order chi connectivity index (χ0) is 23.8. The lowest BCUT2D eigenvalue weighted by Gasteiger charge is -2.13. The van der Waals surface area contributed by atoms with Crippen molar-refractivity contribution < 1.29 is 22.7 Å². The molecule has 174 valence electrons. The van der Waals surface area contributed by atoms with E-state index in [0.29, 0.717) is 39.9 Å². The average Bonchev–Trinajstić information content (AvgIpc) is 2.79. The highest BCUT2D eigenvalue weighted by Gasteiger charge is 2.13. The van der Waals surface area contributed by atoms with Gasteiger partial charge >= 0.3 is 0 Å². The first-order valence-electron chi connectivity index (χ1n) is 10.3. The zero-order valence-electron chi connectivity index (χ0n) is 18.3. The Bertz CT molecular complexity index is 1210. The third-order valence-corrected chi connectivity index (χ3v) is 6.52. The summed E-state index contributed by atoms with van der Waals surface area (Å²) in [6.07, 6.45) is 0.525. The smallest absolute Gasteiger partial charge is 0.255 e. The second-order valence-corrected chi connectivity index (χ2v) is 9.45. The van der Waals surface area contributed by atoms with Gasteiger partial charge in [-0.2, -0.15) is 0 Å². The Morgan fingerprint density at radius 1 is 0.970 bits per heavy atom. The van der Waals surface area contributed by atoms with Crippen molar-refractivity contribution >= 4 is 38.9 Å². The number of ether oxygens (including phenoxy) is 2. The summed E-state index contributed by atoms with van der Waals surface area (Å²) in [4.78, 5) is 12.7. The van der Waals surface area contributed by atoms with Gasteiger partial charge in [0.2, 0.25) is 10.0 Å². The van der Waals surface area contributed by atoms with Crippen LogP contribution in [0.5, 0.6) is 11.5 Å². The zero-order valence-corrected chi connectivity index (χ0v) is 19.9. The monoisotopic (exact) mass is 488 g/mol. The number of rotatable bonds is 10. The molecule has 3 aromatic carbocycles. The second kappa shape index (κ2) is 11.1. The van der Waals surface area contributed by atoms with Crippen LogP contribution in [0.3, 0.4) is 0 Å². The molecule has 0 bridgehead atoms. The van der Waals surface area contributed by atoms with E-state index in [1.807, 2.05) is 18.2 Å². The Morgan fingerprint density at radius 2 is 1.67 bits per heavy atom. The van der Waals surface area contributed by atoms with Crippen LogP contribution >= 0.6 is 11.6 Å². The minimum absolute atomic E-state index is 0.0470. The summed E-state index contributed by atoms with van der Waals surface area (Å²) >= 11 is 6.17. The van der Waals surface area contributed by atoms with Gasteiger partial charge in [0.05, 0.1) is 12.9 Å². The van der Waals surface area contributed by atoms with Crippen LogP contribution in [0.15, 0.2) is 66.7 Å². The van der Waals surface area contributed by atoms with Gasteiger partial charge in [0.1, 0.15) is 6.61 Å². The molecule has 1 amide bonds. The van der Waals surface area contributed by atoms with Crippen molar-refractivity contribution in [3.63, 3.8) is 0 Å². The predicted octanol–water partition coefficient (Wildman–Crippen LogP) is 5.33. The van der Waals surface area contributed by atoms with E-state index in [4.69, 9.17) is 21.1 Å². The fourth-order valence-electron chi connectivity index (χ4n) is 3.02. The highest BCUT2D eigenvalue weighted by Crippen LogP contribution is 2.30. The summed E-state index contributed by atoms with van der Waals surface area (Å²) < 4.78 is 37.4. The number of anilines is 2. The van der Waals surface area contributed by atoms with Crippen molar-refractivity contribution in [3.05, 3.63) is 82.9 Å². The van der Waals surface area contributed by atoms with Crippen molar-refractivity contribution in [2.24, 2.45) is 0 Å². The van der Waals surface area contributed by atoms with Gasteiger partial charge in [0.15, 0.2) is 11.5 Å². The summed E-state index contributed by atoms with van der Waals surface area (Å²) in [5.41, 5.74) is 2.17. The molecule has 0 aliphatic heterocycles. The largest absolute Gasteiger partial charge is 0.493 e. The molecule has 0 saturated carbocycles. The van der Waals surface area contributed by atoms with Crippen LogP contribution in [0.1, 0.15) is 29.3 Å². The molecule has 7 nitrogen and oxygen atoms in total. The highest BCUT2D eigenvalue weighted by atomic mass is 35.5. The van der Waals surface area contributed by atoms with E-state index in [0.717, 1.165) is 5.56 Å². The van der Waals surface area contributed by atoms with Crippen molar-refractivity contribution in [1.29, 1.82) is 0 Å². The second-order valence-electron chi connectivity index (χ2n) is 7.20. The third kappa shape index (κ3) is 6.87. The lowest BCUT2D eigenvalue weighted by molar-refractivity contribution is 0.102. The third-order valence-electron chi connectivity index (χ3n) is 4.66. The molecular formula is C24H25ClN2O5S.